The Morgan fingerprint density at radius 2 is 0.892 bits per heavy atom. The van der Waals surface area contributed by atoms with Crippen LogP contribution in [0.1, 0.15) is 75.6 Å². The predicted molar refractivity (Wildman–Crippen MR) is 161 cm³/mol. The molecular formula is C35H40N2. The molecule has 0 bridgehead atoms. The van der Waals surface area contributed by atoms with Crippen molar-refractivity contribution in [1.82, 2.24) is 0 Å². The van der Waals surface area contributed by atoms with Crippen molar-refractivity contribution in [3.8, 4) is 11.1 Å². The highest BCUT2D eigenvalue weighted by molar-refractivity contribution is 5.84. The lowest BCUT2D eigenvalue weighted by molar-refractivity contribution is 0.661. The van der Waals surface area contributed by atoms with Gasteiger partial charge in [-0.2, -0.15) is 0 Å². The van der Waals surface area contributed by atoms with Crippen molar-refractivity contribution >= 4 is 22.7 Å². The van der Waals surface area contributed by atoms with Gasteiger partial charge in [0.2, 0.25) is 0 Å². The summed E-state index contributed by atoms with van der Waals surface area (Å²) in [7, 11) is 0. The summed E-state index contributed by atoms with van der Waals surface area (Å²) >= 11 is 0. The molecular weight excluding hydrogens is 448 g/mol. The van der Waals surface area contributed by atoms with Crippen molar-refractivity contribution in [3.05, 3.63) is 107 Å². The maximum absolute atomic E-state index is 3.63. The van der Waals surface area contributed by atoms with Gasteiger partial charge in [0.1, 0.15) is 0 Å². The first kappa shape index (κ1) is 25.1. The molecule has 0 spiro atoms. The second-order valence-electron chi connectivity index (χ2n) is 11.0. The van der Waals surface area contributed by atoms with Crippen LogP contribution in [-0.2, 0) is 18.3 Å². The van der Waals surface area contributed by atoms with E-state index in [2.05, 4.69) is 123 Å². The van der Waals surface area contributed by atoms with E-state index >= 15 is 0 Å². The van der Waals surface area contributed by atoms with Crippen molar-refractivity contribution in [2.24, 2.45) is 0 Å². The van der Waals surface area contributed by atoms with Crippen LogP contribution in [0.15, 0.2) is 84.9 Å². The Labute approximate surface area is 223 Å². The van der Waals surface area contributed by atoms with Crippen molar-refractivity contribution in [2.45, 2.75) is 71.6 Å². The molecule has 4 aromatic rings. The molecule has 1 aliphatic carbocycles. The van der Waals surface area contributed by atoms with Crippen molar-refractivity contribution in [2.75, 3.05) is 10.6 Å². The van der Waals surface area contributed by atoms with Gasteiger partial charge in [0.25, 0.3) is 0 Å². The summed E-state index contributed by atoms with van der Waals surface area (Å²) < 4.78 is 0. The molecule has 190 valence electrons. The monoisotopic (exact) mass is 488 g/mol. The molecule has 4 aromatic carbocycles. The molecule has 0 amide bonds. The maximum Gasteiger partial charge on any atom is 0.0387 e. The van der Waals surface area contributed by atoms with Crippen LogP contribution in [0.2, 0.25) is 0 Å². The van der Waals surface area contributed by atoms with Crippen LogP contribution in [0, 0.1) is 0 Å². The van der Waals surface area contributed by atoms with Gasteiger partial charge in [-0.3, -0.25) is 0 Å². The van der Waals surface area contributed by atoms with Gasteiger partial charge < -0.3 is 10.6 Å². The number of hydrogen-bond donors (Lipinski definition) is 2. The average Bonchev–Trinajstić information content (AvgIpc) is 3.13. The van der Waals surface area contributed by atoms with Gasteiger partial charge in [-0.1, -0.05) is 76.9 Å². The van der Waals surface area contributed by atoms with E-state index in [4.69, 9.17) is 0 Å². The minimum absolute atomic E-state index is 0.0614. The van der Waals surface area contributed by atoms with Crippen LogP contribution in [0.4, 0.5) is 22.7 Å². The van der Waals surface area contributed by atoms with E-state index in [1.54, 1.807) is 0 Å². The zero-order chi connectivity index (χ0) is 25.8. The van der Waals surface area contributed by atoms with Crippen LogP contribution in [0.25, 0.3) is 11.1 Å². The topological polar surface area (TPSA) is 24.1 Å². The molecule has 37 heavy (non-hydrogen) atoms. The van der Waals surface area contributed by atoms with Gasteiger partial charge in [-0.05, 0) is 108 Å². The summed E-state index contributed by atoms with van der Waals surface area (Å²) in [5, 5.41) is 7.26. The van der Waals surface area contributed by atoms with Crippen LogP contribution < -0.4 is 10.6 Å². The van der Waals surface area contributed by atoms with E-state index in [-0.39, 0.29) is 5.41 Å². The van der Waals surface area contributed by atoms with Gasteiger partial charge >= 0.3 is 0 Å². The Kier molecular flexibility index (Phi) is 7.37. The minimum atomic E-state index is -0.0614. The number of hydrogen-bond acceptors (Lipinski definition) is 2. The fourth-order valence-electron chi connectivity index (χ4n) is 5.50. The van der Waals surface area contributed by atoms with E-state index in [9.17, 15) is 0 Å². The molecule has 0 aromatic heterocycles. The first-order valence-corrected chi connectivity index (χ1v) is 14.0. The number of fused-ring (bicyclic) bond motifs is 3. The van der Waals surface area contributed by atoms with Crippen LogP contribution in [-0.4, -0.2) is 0 Å². The predicted octanol–water partition coefficient (Wildman–Crippen LogP) is 10.2. The third kappa shape index (κ3) is 5.44. The Hall–Kier alpha value is -3.52. The molecule has 0 fully saturated rings. The number of benzene rings is 4. The van der Waals surface area contributed by atoms with Crippen LogP contribution >= 0.6 is 0 Å². The summed E-state index contributed by atoms with van der Waals surface area (Å²) in [6, 6.07) is 31.4. The van der Waals surface area contributed by atoms with Gasteiger partial charge in [0.15, 0.2) is 0 Å². The number of rotatable bonds is 10. The first-order chi connectivity index (χ1) is 18.0. The van der Waals surface area contributed by atoms with Gasteiger partial charge in [-0.25, -0.2) is 0 Å². The van der Waals surface area contributed by atoms with Gasteiger partial charge in [0, 0.05) is 28.2 Å². The molecule has 0 radical (unpaired) electrons. The fourth-order valence-corrected chi connectivity index (χ4v) is 5.50. The molecule has 5 rings (SSSR count). The largest absolute Gasteiger partial charge is 0.356 e. The lowest BCUT2D eigenvalue weighted by atomic mass is 9.82. The summed E-state index contributed by atoms with van der Waals surface area (Å²) in [5.41, 5.74) is 12.8. The normalized spacial score (nSPS) is 13.2. The summed E-state index contributed by atoms with van der Waals surface area (Å²) in [6.07, 6.45) is 7.27. The minimum Gasteiger partial charge on any atom is -0.356 e. The molecule has 0 atom stereocenters. The second kappa shape index (κ2) is 10.8. The Balaban J connectivity index is 1.33. The number of nitrogens with one attached hydrogen (secondary N) is 2. The molecule has 2 N–H and O–H groups in total. The second-order valence-corrected chi connectivity index (χ2v) is 11.0. The lowest BCUT2D eigenvalue weighted by Gasteiger charge is -2.23. The Morgan fingerprint density at radius 1 is 0.514 bits per heavy atom. The Morgan fingerprint density at radius 3 is 1.27 bits per heavy atom. The molecule has 2 nitrogen and oxygen atoms in total. The SMILES string of the molecule is CCCCc1ccc(Nc2ccc3c(c2)C(C)(C)c2cc(Nc4ccc(CCCC)cc4)ccc2-3)cc1. The van der Waals surface area contributed by atoms with Gasteiger partial charge in [-0.15, -0.1) is 0 Å². The molecule has 0 aliphatic heterocycles. The molecule has 0 unspecified atom stereocenters. The molecule has 0 saturated heterocycles. The first-order valence-electron chi connectivity index (χ1n) is 14.0. The highest BCUT2D eigenvalue weighted by atomic mass is 14.9. The van der Waals surface area contributed by atoms with E-state index in [1.165, 1.54) is 59.1 Å². The fraction of sp³-hybridized carbons (Fsp3) is 0.314. The van der Waals surface area contributed by atoms with Crippen LogP contribution in [0.5, 0.6) is 0 Å². The van der Waals surface area contributed by atoms with Gasteiger partial charge in [0.05, 0.1) is 0 Å². The third-order valence-corrected chi connectivity index (χ3v) is 7.80. The van der Waals surface area contributed by atoms with E-state index in [0.29, 0.717) is 0 Å². The number of unbranched alkanes of at least 4 members (excludes halogenated alkanes) is 2. The summed E-state index contributed by atoms with van der Waals surface area (Å²) in [6.45, 7) is 9.17. The third-order valence-electron chi connectivity index (χ3n) is 7.80. The van der Waals surface area contributed by atoms with E-state index in [0.717, 1.165) is 35.6 Å². The summed E-state index contributed by atoms with van der Waals surface area (Å²) in [4.78, 5) is 0. The molecule has 2 heteroatoms. The van der Waals surface area contributed by atoms with E-state index < -0.39 is 0 Å². The van der Waals surface area contributed by atoms with Crippen molar-refractivity contribution < 1.29 is 0 Å². The Bertz CT molecular complexity index is 1240. The average molecular weight is 489 g/mol. The highest BCUT2D eigenvalue weighted by Gasteiger charge is 2.35. The van der Waals surface area contributed by atoms with Crippen molar-refractivity contribution in [3.63, 3.8) is 0 Å². The number of aryl methyl sites for hydroxylation is 2. The molecule has 0 heterocycles. The lowest BCUT2D eigenvalue weighted by Crippen LogP contribution is -2.15. The maximum atomic E-state index is 3.63. The number of anilines is 4. The molecule has 0 saturated carbocycles. The quantitative estimate of drug-likeness (QED) is 0.232. The van der Waals surface area contributed by atoms with Crippen molar-refractivity contribution in [1.29, 1.82) is 0 Å². The van der Waals surface area contributed by atoms with Crippen LogP contribution in [0.3, 0.4) is 0 Å². The standard InChI is InChI=1S/C35H40N2/c1-5-7-9-25-11-15-27(16-12-25)36-29-19-21-31-32-22-20-30(24-34(32)35(3,4)33(31)23-29)37-28-17-13-26(14-18-28)10-8-6-2/h11-24,36-37H,5-10H2,1-4H3. The highest BCUT2D eigenvalue weighted by Crippen LogP contribution is 2.50. The zero-order valence-electron chi connectivity index (χ0n) is 22.8. The zero-order valence-corrected chi connectivity index (χ0v) is 22.8. The van der Waals surface area contributed by atoms with E-state index in [1.807, 2.05) is 0 Å². The summed E-state index contributed by atoms with van der Waals surface area (Å²) in [5.74, 6) is 0. The smallest absolute Gasteiger partial charge is 0.0387 e. The molecule has 1 aliphatic rings.